The topological polar surface area (TPSA) is 70.2 Å². The monoisotopic (exact) mass is 541 g/mol. The van der Waals surface area contributed by atoms with Crippen LogP contribution in [0, 0.1) is 6.92 Å². The number of anilines is 1. The number of carbonyl (C=O) groups is 3. The van der Waals surface area contributed by atoms with Gasteiger partial charge in [0.25, 0.3) is 11.8 Å². The van der Waals surface area contributed by atoms with Crippen molar-refractivity contribution in [2.45, 2.75) is 25.3 Å². The highest BCUT2D eigenvalue weighted by molar-refractivity contribution is 8.04. The smallest absolute Gasteiger partial charge is 0.409 e. The first-order valence-corrected chi connectivity index (χ1v) is 13.9. The Morgan fingerprint density at radius 3 is 2.38 bits per heavy atom. The minimum atomic E-state index is -0.347. The molecule has 2 aliphatic rings. The molecule has 0 bridgehead atoms. The highest BCUT2D eigenvalue weighted by Crippen LogP contribution is 2.43. The van der Waals surface area contributed by atoms with Crippen LogP contribution in [-0.2, 0) is 16.1 Å². The molecule has 5 rings (SSSR count). The SMILES string of the molecule is CCOC(=O)N1CCN(C(=O)c2ccc3c(c2)N(Cc2cccc(C)c2)C(=O)C(=Cc2ccccc2)S3)CC1. The van der Waals surface area contributed by atoms with Crippen LogP contribution in [0.15, 0.2) is 82.6 Å². The van der Waals surface area contributed by atoms with Crippen molar-refractivity contribution in [3.05, 3.63) is 100.0 Å². The van der Waals surface area contributed by atoms with Gasteiger partial charge in [-0.15, -0.1) is 0 Å². The quantitative estimate of drug-likeness (QED) is 0.394. The molecule has 200 valence electrons. The van der Waals surface area contributed by atoms with Crippen LogP contribution < -0.4 is 4.90 Å². The van der Waals surface area contributed by atoms with Crippen LogP contribution in [0.4, 0.5) is 10.5 Å². The molecule has 0 aromatic heterocycles. The molecule has 7 nitrogen and oxygen atoms in total. The van der Waals surface area contributed by atoms with Crippen molar-refractivity contribution < 1.29 is 19.1 Å². The van der Waals surface area contributed by atoms with Crippen LogP contribution >= 0.6 is 11.8 Å². The lowest BCUT2D eigenvalue weighted by Gasteiger charge is -2.35. The lowest BCUT2D eigenvalue weighted by Crippen LogP contribution is -2.50. The number of aryl methyl sites for hydroxylation is 1. The number of nitrogens with zero attached hydrogens (tertiary/aromatic N) is 3. The van der Waals surface area contributed by atoms with E-state index in [2.05, 4.69) is 6.07 Å². The van der Waals surface area contributed by atoms with Gasteiger partial charge in [0, 0.05) is 36.6 Å². The molecule has 0 saturated carbocycles. The highest BCUT2D eigenvalue weighted by atomic mass is 32.2. The molecule has 8 heteroatoms. The molecule has 3 aromatic carbocycles. The van der Waals surface area contributed by atoms with E-state index in [1.165, 1.54) is 11.8 Å². The van der Waals surface area contributed by atoms with Crippen LogP contribution in [0.2, 0.25) is 0 Å². The number of hydrogen-bond donors (Lipinski definition) is 0. The molecule has 1 saturated heterocycles. The molecule has 2 heterocycles. The fourth-order valence-electron chi connectivity index (χ4n) is 4.78. The standard InChI is InChI=1S/C31H31N3O4S/c1-3-38-31(37)33-16-14-32(15-17-33)29(35)25-12-13-27-26(20-25)34(21-24-11-7-8-22(2)18-24)30(36)28(39-27)19-23-9-5-4-6-10-23/h4-13,18-20H,3,14-17,21H2,1-2H3. The van der Waals surface area contributed by atoms with Gasteiger partial charge in [0.05, 0.1) is 23.7 Å². The molecule has 3 aromatic rings. The number of fused-ring (bicyclic) bond motifs is 1. The summed E-state index contributed by atoms with van der Waals surface area (Å²) in [6, 6.07) is 23.5. The first-order valence-electron chi connectivity index (χ1n) is 13.1. The number of piperazine rings is 1. The maximum absolute atomic E-state index is 13.8. The molecule has 1 fully saturated rings. The zero-order valence-corrected chi connectivity index (χ0v) is 22.9. The number of ether oxygens (including phenoxy) is 1. The van der Waals surface area contributed by atoms with E-state index >= 15 is 0 Å². The minimum Gasteiger partial charge on any atom is -0.450 e. The van der Waals surface area contributed by atoms with Gasteiger partial charge in [-0.3, -0.25) is 9.59 Å². The Labute approximate surface area is 233 Å². The summed E-state index contributed by atoms with van der Waals surface area (Å²) in [6.45, 7) is 6.25. The summed E-state index contributed by atoms with van der Waals surface area (Å²) in [5.74, 6) is -0.203. The fraction of sp³-hybridized carbons (Fsp3) is 0.258. The number of benzene rings is 3. The zero-order chi connectivity index (χ0) is 27.4. The Kier molecular flexibility index (Phi) is 8.02. The molecule has 0 aliphatic carbocycles. The largest absolute Gasteiger partial charge is 0.450 e. The Morgan fingerprint density at radius 1 is 0.923 bits per heavy atom. The predicted molar refractivity (Wildman–Crippen MR) is 154 cm³/mol. The van der Waals surface area contributed by atoms with Crippen molar-refractivity contribution in [1.82, 2.24) is 9.80 Å². The van der Waals surface area contributed by atoms with Crippen LogP contribution in [0.25, 0.3) is 6.08 Å². The van der Waals surface area contributed by atoms with Gasteiger partial charge < -0.3 is 19.4 Å². The molecule has 39 heavy (non-hydrogen) atoms. The van der Waals surface area contributed by atoms with E-state index in [0.29, 0.717) is 49.8 Å². The normalized spacial score (nSPS) is 16.3. The third kappa shape index (κ3) is 6.01. The Bertz CT molecular complexity index is 1410. The van der Waals surface area contributed by atoms with Crippen molar-refractivity contribution in [1.29, 1.82) is 0 Å². The molecule has 0 atom stereocenters. The maximum Gasteiger partial charge on any atom is 0.409 e. The van der Waals surface area contributed by atoms with E-state index in [1.54, 1.807) is 21.6 Å². The highest BCUT2D eigenvalue weighted by Gasteiger charge is 2.31. The van der Waals surface area contributed by atoms with Crippen molar-refractivity contribution >= 4 is 41.4 Å². The van der Waals surface area contributed by atoms with E-state index in [1.807, 2.05) is 79.7 Å². The van der Waals surface area contributed by atoms with Crippen LogP contribution in [0.3, 0.4) is 0 Å². The summed E-state index contributed by atoms with van der Waals surface area (Å²) < 4.78 is 5.09. The second-order valence-electron chi connectivity index (χ2n) is 9.56. The van der Waals surface area contributed by atoms with E-state index in [0.717, 1.165) is 27.3 Å². The molecule has 0 unspecified atom stereocenters. The molecule has 2 aliphatic heterocycles. The number of rotatable bonds is 5. The van der Waals surface area contributed by atoms with Gasteiger partial charge in [-0.1, -0.05) is 71.9 Å². The number of amides is 3. The lowest BCUT2D eigenvalue weighted by molar-refractivity contribution is -0.114. The second kappa shape index (κ2) is 11.8. The van der Waals surface area contributed by atoms with Crippen molar-refractivity contribution in [2.24, 2.45) is 0 Å². The third-order valence-corrected chi connectivity index (χ3v) is 7.86. The summed E-state index contributed by atoms with van der Waals surface area (Å²) in [4.78, 5) is 46.0. The van der Waals surface area contributed by atoms with Crippen molar-refractivity contribution in [2.75, 3.05) is 37.7 Å². The van der Waals surface area contributed by atoms with Crippen molar-refractivity contribution in [3.8, 4) is 0 Å². The second-order valence-corrected chi connectivity index (χ2v) is 10.6. The summed E-state index contributed by atoms with van der Waals surface area (Å²) in [5, 5.41) is 0. The molecule has 3 amide bonds. The van der Waals surface area contributed by atoms with Gasteiger partial charge in [0.2, 0.25) is 0 Å². The number of carbonyl (C=O) groups excluding carboxylic acids is 3. The van der Waals surface area contributed by atoms with Gasteiger partial charge >= 0.3 is 6.09 Å². The van der Waals surface area contributed by atoms with Gasteiger partial charge in [-0.05, 0) is 49.2 Å². The average molecular weight is 542 g/mol. The molecular weight excluding hydrogens is 510 g/mol. The Morgan fingerprint density at radius 2 is 1.67 bits per heavy atom. The van der Waals surface area contributed by atoms with E-state index in [9.17, 15) is 14.4 Å². The van der Waals surface area contributed by atoms with Crippen LogP contribution in [0.5, 0.6) is 0 Å². The molecular formula is C31H31N3O4S. The van der Waals surface area contributed by atoms with Crippen molar-refractivity contribution in [3.63, 3.8) is 0 Å². The van der Waals surface area contributed by atoms with Gasteiger partial charge in [0.15, 0.2) is 0 Å². The van der Waals surface area contributed by atoms with E-state index < -0.39 is 0 Å². The van der Waals surface area contributed by atoms with Crippen LogP contribution in [-0.4, -0.2) is 60.5 Å². The van der Waals surface area contributed by atoms with Crippen LogP contribution in [0.1, 0.15) is 34.0 Å². The fourth-order valence-corrected chi connectivity index (χ4v) is 5.82. The molecule has 0 radical (unpaired) electrons. The summed E-state index contributed by atoms with van der Waals surface area (Å²) >= 11 is 1.43. The zero-order valence-electron chi connectivity index (χ0n) is 22.1. The average Bonchev–Trinajstić information content (AvgIpc) is 2.95. The number of thioether (sulfide) groups is 1. The van der Waals surface area contributed by atoms with Gasteiger partial charge in [0.1, 0.15) is 0 Å². The Hall–Kier alpha value is -4.04. The molecule has 0 spiro atoms. The Balaban J connectivity index is 1.43. The first-order chi connectivity index (χ1) is 18.9. The summed E-state index contributed by atoms with van der Waals surface area (Å²) in [5.41, 5.74) is 4.36. The third-order valence-electron chi connectivity index (χ3n) is 6.79. The van der Waals surface area contributed by atoms with Gasteiger partial charge in [-0.25, -0.2) is 4.79 Å². The minimum absolute atomic E-state index is 0.0921. The lowest BCUT2D eigenvalue weighted by atomic mass is 10.1. The molecule has 0 N–H and O–H groups in total. The predicted octanol–water partition coefficient (Wildman–Crippen LogP) is 5.59. The number of hydrogen-bond acceptors (Lipinski definition) is 5. The van der Waals surface area contributed by atoms with Gasteiger partial charge in [-0.2, -0.15) is 0 Å². The first kappa shape index (κ1) is 26.6. The van der Waals surface area contributed by atoms with E-state index in [-0.39, 0.29) is 17.9 Å². The maximum atomic E-state index is 13.8. The summed E-state index contributed by atoms with van der Waals surface area (Å²) in [6.07, 6.45) is 1.57. The van der Waals surface area contributed by atoms with E-state index in [4.69, 9.17) is 4.74 Å². The summed E-state index contributed by atoms with van der Waals surface area (Å²) in [7, 11) is 0.